The predicted molar refractivity (Wildman–Crippen MR) is 59.4 cm³/mol. The minimum Gasteiger partial charge on any atom is -0.397 e. The van der Waals surface area contributed by atoms with Gasteiger partial charge in [0.25, 0.3) is 0 Å². The van der Waals surface area contributed by atoms with Crippen LogP contribution in [0.3, 0.4) is 0 Å². The molecule has 1 fully saturated rings. The monoisotopic (exact) mass is 202 g/mol. The molecule has 0 saturated heterocycles. The highest BCUT2D eigenvalue weighted by molar-refractivity contribution is 5.59. The number of nitriles is 1. The van der Waals surface area contributed by atoms with Crippen LogP contribution in [0.5, 0.6) is 0 Å². The highest BCUT2D eigenvalue weighted by atomic mass is 15.2. The molecule has 1 aromatic rings. The maximum atomic E-state index is 9.02. The maximum absolute atomic E-state index is 9.02. The van der Waals surface area contributed by atoms with E-state index in [1.54, 1.807) is 12.3 Å². The highest BCUT2D eigenvalue weighted by Gasteiger charge is 2.30. The minimum atomic E-state index is 0.544. The van der Waals surface area contributed by atoms with Gasteiger partial charge in [0.15, 0.2) is 0 Å². The summed E-state index contributed by atoms with van der Waals surface area (Å²) >= 11 is 0. The fourth-order valence-electron chi connectivity index (χ4n) is 1.75. The number of anilines is 2. The van der Waals surface area contributed by atoms with E-state index in [9.17, 15) is 0 Å². The van der Waals surface area contributed by atoms with Crippen molar-refractivity contribution in [3.63, 3.8) is 0 Å². The van der Waals surface area contributed by atoms with Gasteiger partial charge in [0.05, 0.1) is 17.4 Å². The Labute approximate surface area is 89.3 Å². The largest absolute Gasteiger partial charge is 0.397 e. The van der Waals surface area contributed by atoms with Gasteiger partial charge in [0, 0.05) is 12.6 Å². The van der Waals surface area contributed by atoms with Gasteiger partial charge in [-0.25, -0.2) is 4.98 Å². The van der Waals surface area contributed by atoms with Crippen LogP contribution >= 0.6 is 0 Å². The molecule has 0 unspecified atom stereocenters. The van der Waals surface area contributed by atoms with Crippen LogP contribution in [0, 0.1) is 11.3 Å². The van der Waals surface area contributed by atoms with Gasteiger partial charge in [-0.1, -0.05) is 0 Å². The van der Waals surface area contributed by atoms with Crippen LogP contribution in [0.15, 0.2) is 12.3 Å². The third-order valence-electron chi connectivity index (χ3n) is 2.61. The molecule has 0 amide bonds. The summed E-state index contributed by atoms with van der Waals surface area (Å²) in [5.41, 5.74) is 6.72. The number of rotatable bonds is 3. The smallest absolute Gasteiger partial charge is 0.146 e. The molecule has 1 aliphatic rings. The fraction of sp³-hybridized carbons (Fsp3) is 0.455. The van der Waals surface area contributed by atoms with E-state index in [4.69, 9.17) is 11.0 Å². The molecule has 1 saturated carbocycles. The number of hydrogen-bond acceptors (Lipinski definition) is 4. The first-order chi connectivity index (χ1) is 7.26. The van der Waals surface area contributed by atoms with E-state index in [1.807, 2.05) is 0 Å². The van der Waals surface area contributed by atoms with Gasteiger partial charge in [0.2, 0.25) is 0 Å². The highest BCUT2D eigenvalue weighted by Crippen LogP contribution is 2.32. The predicted octanol–water partition coefficient (Wildman–Crippen LogP) is 1.52. The van der Waals surface area contributed by atoms with Crippen LogP contribution in [-0.4, -0.2) is 17.6 Å². The lowest BCUT2D eigenvalue weighted by molar-refractivity contribution is 0.807. The standard InChI is InChI=1S/C11H14N4/c1-2-15(10-3-4-10)11-8(6-12)5-9(13)7-14-11/h5,7,10H,2-4,13H2,1H3. The van der Waals surface area contributed by atoms with Crippen molar-refractivity contribution in [1.29, 1.82) is 5.26 Å². The zero-order valence-corrected chi connectivity index (χ0v) is 8.77. The van der Waals surface area contributed by atoms with Crippen molar-refractivity contribution in [1.82, 2.24) is 4.98 Å². The number of nitrogen functional groups attached to an aromatic ring is 1. The molecule has 78 valence electrons. The number of aromatic nitrogens is 1. The average molecular weight is 202 g/mol. The van der Waals surface area contributed by atoms with Crippen molar-refractivity contribution in [2.75, 3.05) is 17.2 Å². The molecule has 2 rings (SSSR count). The molecule has 0 radical (unpaired) electrons. The van der Waals surface area contributed by atoms with Crippen molar-refractivity contribution in [2.45, 2.75) is 25.8 Å². The normalized spacial score (nSPS) is 14.7. The molecular weight excluding hydrogens is 188 g/mol. The molecular formula is C11H14N4. The lowest BCUT2D eigenvalue weighted by Gasteiger charge is -2.22. The zero-order chi connectivity index (χ0) is 10.8. The molecule has 0 aromatic carbocycles. The van der Waals surface area contributed by atoms with Gasteiger partial charge >= 0.3 is 0 Å². The Morgan fingerprint density at radius 2 is 2.40 bits per heavy atom. The third-order valence-corrected chi connectivity index (χ3v) is 2.61. The molecule has 1 aromatic heterocycles. The van der Waals surface area contributed by atoms with Gasteiger partial charge < -0.3 is 10.6 Å². The molecule has 0 bridgehead atoms. The van der Waals surface area contributed by atoms with Crippen LogP contribution in [0.4, 0.5) is 11.5 Å². The number of nitrogens with zero attached hydrogens (tertiary/aromatic N) is 3. The molecule has 0 spiro atoms. The second-order valence-corrected chi connectivity index (χ2v) is 3.77. The van der Waals surface area contributed by atoms with Crippen LogP contribution in [-0.2, 0) is 0 Å². The summed E-state index contributed by atoms with van der Waals surface area (Å²) in [6.45, 7) is 2.97. The van der Waals surface area contributed by atoms with E-state index < -0.39 is 0 Å². The Kier molecular flexibility index (Phi) is 2.46. The van der Waals surface area contributed by atoms with Gasteiger partial charge in [-0.2, -0.15) is 5.26 Å². The molecule has 4 heteroatoms. The summed E-state index contributed by atoms with van der Waals surface area (Å²) in [5.74, 6) is 0.775. The third kappa shape index (κ3) is 1.86. The van der Waals surface area contributed by atoms with Gasteiger partial charge in [0.1, 0.15) is 11.9 Å². The average Bonchev–Trinajstić information content (AvgIpc) is 3.05. The summed E-state index contributed by atoms with van der Waals surface area (Å²) in [5, 5.41) is 9.02. The number of hydrogen-bond donors (Lipinski definition) is 1. The fourth-order valence-corrected chi connectivity index (χ4v) is 1.75. The van der Waals surface area contributed by atoms with Crippen LogP contribution in [0.25, 0.3) is 0 Å². The summed E-state index contributed by atoms with van der Waals surface area (Å²) < 4.78 is 0. The quantitative estimate of drug-likeness (QED) is 0.807. The first-order valence-corrected chi connectivity index (χ1v) is 5.18. The molecule has 1 heterocycles. The van der Waals surface area contributed by atoms with E-state index in [1.165, 1.54) is 12.8 Å². The van der Waals surface area contributed by atoms with Crippen molar-refractivity contribution >= 4 is 11.5 Å². The van der Waals surface area contributed by atoms with Crippen molar-refractivity contribution < 1.29 is 0 Å². The molecule has 0 atom stereocenters. The van der Waals surface area contributed by atoms with E-state index in [0.717, 1.165) is 12.4 Å². The molecule has 2 N–H and O–H groups in total. The zero-order valence-electron chi connectivity index (χ0n) is 8.77. The van der Waals surface area contributed by atoms with Crippen LogP contribution in [0.1, 0.15) is 25.3 Å². The SMILES string of the molecule is CCN(c1ncc(N)cc1C#N)C1CC1. The van der Waals surface area contributed by atoms with Gasteiger partial charge in [-0.05, 0) is 25.8 Å². The minimum absolute atomic E-state index is 0.544. The Morgan fingerprint density at radius 1 is 1.67 bits per heavy atom. The van der Waals surface area contributed by atoms with Crippen LogP contribution in [0.2, 0.25) is 0 Å². The van der Waals surface area contributed by atoms with E-state index in [0.29, 0.717) is 17.3 Å². The summed E-state index contributed by atoms with van der Waals surface area (Å²) in [7, 11) is 0. The lowest BCUT2D eigenvalue weighted by atomic mass is 10.2. The maximum Gasteiger partial charge on any atom is 0.146 e. The first kappa shape index (κ1) is 9.78. The molecule has 1 aliphatic carbocycles. The van der Waals surface area contributed by atoms with Crippen molar-refractivity contribution in [3.8, 4) is 6.07 Å². The second-order valence-electron chi connectivity index (χ2n) is 3.77. The first-order valence-electron chi connectivity index (χ1n) is 5.18. The molecule has 15 heavy (non-hydrogen) atoms. The van der Waals surface area contributed by atoms with Gasteiger partial charge in [-0.15, -0.1) is 0 Å². The lowest BCUT2D eigenvalue weighted by Crippen LogP contribution is -2.26. The van der Waals surface area contributed by atoms with Crippen molar-refractivity contribution in [3.05, 3.63) is 17.8 Å². The number of pyridine rings is 1. The number of nitrogens with two attached hydrogens (primary N) is 1. The Hall–Kier alpha value is -1.76. The van der Waals surface area contributed by atoms with E-state index in [-0.39, 0.29) is 0 Å². The van der Waals surface area contributed by atoms with E-state index >= 15 is 0 Å². The summed E-state index contributed by atoms with van der Waals surface area (Å²) in [6, 6.07) is 4.41. The Morgan fingerprint density at radius 3 is 2.93 bits per heavy atom. The Bertz CT molecular complexity index is 404. The Balaban J connectivity index is 2.37. The summed E-state index contributed by atoms with van der Waals surface area (Å²) in [4.78, 5) is 6.44. The van der Waals surface area contributed by atoms with Gasteiger partial charge in [-0.3, -0.25) is 0 Å². The van der Waals surface area contributed by atoms with E-state index in [2.05, 4.69) is 22.9 Å². The molecule has 4 nitrogen and oxygen atoms in total. The second kappa shape index (κ2) is 3.77. The summed E-state index contributed by atoms with van der Waals surface area (Å²) in [6.07, 6.45) is 4.01. The topological polar surface area (TPSA) is 65.9 Å². The molecule has 0 aliphatic heterocycles. The van der Waals surface area contributed by atoms with Crippen LogP contribution < -0.4 is 10.6 Å². The van der Waals surface area contributed by atoms with Crippen molar-refractivity contribution in [2.24, 2.45) is 0 Å².